The van der Waals surface area contributed by atoms with Crippen molar-refractivity contribution in [3.63, 3.8) is 0 Å². The molecule has 0 saturated heterocycles. The van der Waals surface area contributed by atoms with Gasteiger partial charge in [0.2, 0.25) is 11.7 Å². The van der Waals surface area contributed by atoms with Gasteiger partial charge in [-0.15, -0.1) is 15.3 Å². The highest BCUT2D eigenvalue weighted by Crippen LogP contribution is 2.27. The molecular formula is C12H6Cl2F2N4O. The maximum atomic E-state index is 12.8. The van der Waals surface area contributed by atoms with Gasteiger partial charge in [0.15, 0.2) is 5.65 Å². The zero-order chi connectivity index (χ0) is 15.0. The lowest BCUT2D eigenvalue weighted by atomic mass is 10.3. The minimum atomic E-state index is -2.79. The van der Waals surface area contributed by atoms with Crippen LogP contribution >= 0.6 is 23.2 Å². The monoisotopic (exact) mass is 330 g/mol. The molecule has 108 valence electrons. The van der Waals surface area contributed by atoms with E-state index in [1.807, 2.05) is 0 Å². The first-order valence-electron chi connectivity index (χ1n) is 5.67. The van der Waals surface area contributed by atoms with Gasteiger partial charge >= 0.3 is 0 Å². The van der Waals surface area contributed by atoms with Gasteiger partial charge in [-0.1, -0.05) is 23.2 Å². The first-order chi connectivity index (χ1) is 10.0. The second-order valence-electron chi connectivity index (χ2n) is 4.01. The topological polar surface area (TPSA) is 52.3 Å². The lowest BCUT2D eigenvalue weighted by Crippen LogP contribution is -2.00. The minimum Gasteiger partial charge on any atom is -0.437 e. The molecule has 1 aromatic carbocycles. The Kier molecular flexibility index (Phi) is 3.60. The van der Waals surface area contributed by atoms with E-state index >= 15 is 0 Å². The van der Waals surface area contributed by atoms with E-state index in [9.17, 15) is 8.78 Å². The molecule has 0 aliphatic rings. The summed E-state index contributed by atoms with van der Waals surface area (Å²) in [5, 5.41) is 11.6. The summed E-state index contributed by atoms with van der Waals surface area (Å²) in [6.45, 7) is 0. The predicted molar refractivity (Wildman–Crippen MR) is 72.3 cm³/mol. The molecule has 0 unspecified atom stereocenters. The summed E-state index contributed by atoms with van der Waals surface area (Å²) in [6.07, 6.45) is -2.79. The van der Waals surface area contributed by atoms with Crippen LogP contribution in [0.25, 0.3) is 5.65 Å². The van der Waals surface area contributed by atoms with Gasteiger partial charge < -0.3 is 4.74 Å². The molecule has 0 saturated carbocycles. The van der Waals surface area contributed by atoms with Crippen molar-refractivity contribution in [2.24, 2.45) is 0 Å². The van der Waals surface area contributed by atoms with E-state index < -0.39 is 12.2 Å². The number of benzene rings is 1. The lowest BCUT2D eigenvalue weighted by molar-refractivity contribution is 0.137. The number of hydrogen-bond donors (Lipinski definition) is 0. The smallest absolute Gasteiger partial charge is 0.299 e. The molecule has 21 heavy (non-hydrogen) atoms. The highest BCUT2D eigenvalue weighted by atomic mass is 35.5. The molecule has 0 amide bonds. The highest BCUT2D eigenvalue weighted by Gasteiger charge is 2.17. The van der Waals surface area contributed by atoms with Crippen LogP contribution in [0.15, 0.2) is 30.3 Å². The maximum absolute atomic E-state index is 12.8. The van der Waals surface area contributed by atoms with Crippen molar-refractivity contribution < 1.29 is 13.5 Å². The van der Waals surface area contributed by atoms with Crippen molar-refractivity contribution in [1.29, 1.82) is 0 Å². The Bertz CT molecular complexity index is 789. The van der Waals surface area contributed by atoms with Gasteiger partial charge in [0.05, 0.1) is 0 Å². The van der Waals surface area contributed by atoms with Gasteiger partial charge in [-0.05, 0) is 24.3 Å². The Hall–Kier alpha value is -1.99. The molecule has 2 heterocycles. The molecule has 0 bridgehead atoms. The summed E-state index contributed by atoms with van der Waals surface area (Å²) < 4.78 is 31.9. The Morgan fingerprint density at radius 1 is 1.05 bits per heavy atom. The Labute approximate surface area is 127 Å². The zero-order valence-corrected chi connectivity index (χ0v) is 11.7. The van der Waals surface area contributed by atoms with Gasteiger partial charge in [-0.2, -0.15) is 4.52 Å². The van der Waals surface area contributed by atoms with Crippen LogP contribution in [0, 0.1) is 0 Å². The standard InChI is InChI=1S/C12H6Cl2F2N4O/c13-6-3-7(14)5-8(4-6)21-10-2-1-9-17-18-12(11(15)16)20(9)19-10/h1-5,11H. The molecule has 0 aliphatic heterocycles. The number of fused-ring (bicyclic) bond motifs is 1. The molecule has 9 heteroatoms. The number of aromatic nitrogens is 4. The first-order valence-corrected chi connectivity index (χ1v) is 6.43. The van der Waals surface area contributed by atoms with E-state index in [2.05, 4.69) is 15.3 Å². The number of rotatable bonds is 3. The van der Waals surface area contributed by atoms with Gasteiger partial charge in [0.1, 0.15) is 5.75 Å². The van der Waals surface area contributed by atoms with Crippen LogP contribution in [0.5, 0.6) is 11.6 Å². The van der Waals surface area contributed by atoms with E-state index in [0.29, 0.717) is 15.8 Å². The molecule has 0 radical (unpaired) electrons. The maximum Gasteiger partial charge on any atom is 0.299 e. The number of halogens is 4. The Balaban J connectivity index is 1.98. The number of ether oxygens (including phenoxy) is 1. The fourth-order valence-electron chi connectivity index (χ4n) is 1.69. The summed E-state index contributed by atoms with van der Waals surface area (Å²) in [7, 11) is 0. The van der Waals surface area contributed by atoms with Gasteiger partial charge in [-0.3, -0.25) is 0 Å². The molecule has 3 aromatic rings. The zero-order valence-electron chi connectivity index (χ0n) is 10.2. The Morgan fingerprint density at radius 2 is 1.76 bits per heavy atom. The van der Waals surface area contributed by atoms with Crippen molar-refractivity contribution in [3.8, 4) is 11.6 Å². The van der Waals surface area contributed by atoms with E-state index in [1.165, 1.54) is 24.3 Å². The Morgan fingerprint density at radius 3 is 2.43 bits per heavy atom. The van der Waals surface area contributed by atoms with Gasteiger partial charge in [-0.25, -0.2) is 8.78 Å². The average molecular weight is 331 g/mol. The van der Waals surface area contributed by atoms with Crippen LogP contribution in [-0.4, -0.2) is 19.8 Å². The number of nitrogens with zero attached hydrogens (tertiary/aromatic N) is 4. The molecule has 0 N–H and O–H groups in total. The predicted octanol–water partition coefficient (Wildman–Crippen LogP) is 4.16. The molecule has 0 fully saturated rings. The molecule has 0 atom stereocenters. The molecular weight excluding hydrogens is 325 g/mol. The van der Waals surface area contributed by atoms with Crippen LogP contribution < -0.4 is 4.74 Å². The number of alkyl halides is 2. The van der Waals surface area contributed by atoms with Crippen molar-refractivity contribution in [3.05, 3.63) is 46.2 Å². The van der Waals surface area contributed by atoms with Crippen LogP contribution in [-0.2, 0) is 0 Å². The highest BCUT2D eigenvalue weighted by molar-refractivity contribution is 6.34. The van der Waals surface area contributed by atoms with Crippen LogP contribution in [0.2, 0.25) is 10.0 Å². The molecule has 0 aliphatic carbocycles. The fraction of sp³-hybridized carbons (Fsp3) is 0.0833. The summed E-state index contributed by atoms with van der Waals surface area (Å²) in [4.78, 5) is 0. The third-order valence-electron chi connectivity index (χ3n) is 2.52. The van der Waals surface area contributed by atoms with Crippen molar-refractivity contribution in [2.75, 3.05) is 0 Å². The SMILES string of the molecule is FC(F)c1nnc2ccc(Oc3cc(Cl)cc(Cl)c3)nn12. The van der Waals surface area contributed by atoms with Gasteiger partial charge in [0, 0.05) is 16.1 Å². The second-order valence-corrected chi connectivity index (χ2v) is 4.88. The molecule has 5 nitrogen and oxygen atoms in total. The van der Waals surface area contributed by atoms with Crippen LogP contribution in [0.4, 0.5) is 8.78 Å². The quantitative estimate of drug-likeness (QED) is 0.723. The van der Waals surface area contributed by atoms with E-state index in [0.717, 1.165) is 4.52 Å². The van der Waals surface area contributed by atoms with Crippen molar-refractivity contribution >= 4 is 28.8 Å². The average Bonchev–Trinajstić information content (AvgIpc) is 2.80. The molecule has 0 spiro atoms. The normalized spacial score (nSPS) is 11.3. The largest absolute Gasteiger partial charge is 0.437 e. The van der Waals surface area contributed by atoms with Crippen LogP contribution in [0.1, 0.15) is 12.2 Å². The lowest BCUT2D eigenvalue weighted by Gasteiger charge is -2.06. The summed E-state index contributed by atoms with van der Waals surface area (Å²) in [6, 6.07) is 7.54. The molecule has 2 aromatic heterocycles. The summed E-state index contributed by atoms with van der Waals surface area (Å²) >= 11 is 11.7. The minimum absolute atomic E-state index is 0.0857. The fourth-order valence-corrected chi connectivity index (χ4v) is 2.19. The first kappa shape index (κ1) is 14.0. The third kappa shape index (κ3) is 2.88. The van der Waals surface area contributed by atoms with E-state index in [4.69, 9.17) is 27.9 Å². The van der Waals surface area contributed by atoms with E-state index in [1.54, 1.807) is 6.07 Å². The molecule has 3 rings (SSSR count). The van der Waals surface area contributed by atoms with Crippen molar-refractivity contribution in [1.82, 2.24) is 19.8 Å². The summed E-state index contributed by atoms with van der Waals surface area (Å²) in [5.41, 5.74) is 0.196. The van der Waals surface area contributed by atoms with Crippen molar-refractivity contribution in [2.45, 2.75) is 6.43 Å². The van der Waals surface area contributed by atoms with E-state index in [-0.39, 0.29) is 11.5 Å². The number of hydrogen-bond acceptors (Lipinski definition) is 4. The third-order valence-corrected chi connectivity index (χ3v) is 2.95. The van der Waals surface area contributed by atoms with Crippen LogP contribution in [0.3, 0.4) is 0 Å². The second kappa shape index (κ2) is 5.42. The van der Waals surface area contributed by atoms with Gasteiger partial charge in [0.25, 0.3) is 6.43 Å². The summed E-state index contributed by atoms with van der Waals surface area (Å²) in [5.74, 6) is -0.131.